The number of amides is 1. The molecule has 3 aromatic rings. The van der Waals surface area contributed by atoms with Crippen LogP contribution >= 0.6 is 0 Å². The predicted octanol–water partition coefficient (Wildman–Crippen LogP) is 5.21. The minimum atomic E-state index is -0.000343. The zero-order valence-corrected chi connectivity index (χ0v) is 16.8. The number of carbonyl (C=O) groups is 1. The topological polar surface area (TPSA) is 29.5 Å². The smallest absolute Gasteiger partial charge is 0.254 e. The van der Waals surface area contributed by atoms with E-state index in [1.807, 2.05) is 54.6 Å². The van der Waals surface area contributed by atoms with Crippen molar-refractivity contribution in [2.24, 2.45) is 0 Å². The summed E-state index contributed by atoms with van der Waals surface area (Å²) >= 11 is 0. The van der Waals surface area contributed by atoms with E-state index in [0.29, 0.717) is 6.61 Å². The second-order valence-electron chi connectivity index (χ2n) is 8.03. The zero-order valence-electron chi connectivity index (χ0n) is 16.8. The van der Waals surface area contributed by atoms with E-state index in [0.717, 1.165) is 12.0 Å². The molecular formula is C27H25NO2. The third-order valence-corrected chi connectivity index (χ3v) is 6.20. The summed E-state index contributed by atoms with van der Waals surface area (Å²) in [6.07, 6.45) is 5.25. The summed E-state index contributed by atoms with van der Waals surface area (Å²) in [5.41, 5.74) is 3.13. The molecule has 0 spiro atoms. The number of fused-ring (bicyclic) bond motifs is 2. The Morgan fingerprint density at radius 1 is 0.833 bits per heavy atom. The van der Waals surface area contributed by atoms with Crippen molar-refractivity contribution in [3.63, 3.8) is 0 Å². The van der Waals surface area contributed by atoms with Gasteiger partial charge in [-0.1, -0.05) is 91.0 Å². The van der Waals surface area contributed by atoms with Crippen LogP contribution in [0.5, 0.6) is 0 Å². The number of rotatable bonds is 5. The van der Waals surface area contributed by atoms with Gasteiger partial charge in [-0.3, -0.25) is 4.79 Å². The first-order valence-corrected chi connectivity index (χ1v) is 10.6. The van der Waals surface area contributed by atoms with E-state index in [2.05, 4.69) is 53.5 Å². The van der Waals surface area contributed by atoms with Gasteiger partial charge in [0.1, 0.15) is 0 Å². The van der Waals surface area contributed by atoms with Crippen LogP contribution in [0, 0.1) is 0 Å². The van der Waals surface area contributed by atoms with Crippen molar-refractivity contribution in [3.8, 4) is 0 Å². The molecule has 4 atom stereocenters. The first-order valence-electron chi connectivity index (χ1n) is 10.6. The van der Waals surface area contributed by atoms with Gasteiger partial charge in [0.2, 0.25) is 0 Å². The van der Waals surface area contributed by atoms with E-state index in [1.165, 1.54) is 11.1 Å². The SMILES string of the molecule is O=C(c1ccccc1)N1[C@@H]2C=C[C@H]1C[C@@H](OCc1ccccc1)[C@H]2c1ccccc1. The minimum Gasteiger partial charge on any atom is -0.373 e. The summed E-state index contributed by atoms with van der Waals surface area (Å²) < 4.78 is 6.47. The number of hydrogen-bond donors (Lipinski definition) is 0. The second kappa shape index (κ2) is 8.29. The van der Waals surface area contributed by atoms with Crippen molar-refractivity contribution in [1.29, 1.82) is 0 Å². The molecule has 3 nitrogen and oxygen atoms in total. The maximum Gasteiger partial charge on any atom is 0.254 e. The average molecular weight is 396 g/mol. The van der Waals surface area contributed by atoms with Crippen molar-refractivity contribution in [2.45, 2.75) is 37.1 Å². The Morgan fingerprint density at radius 2 is 1.47 bits per heavy atom. The number of hydrogen-bond acceptors (Lipinski definition) is 2. The van der Waals surface area contributed by atoms with E-state index < -0.39 is 0 Å². The van der Waals surface area contributed by atoms with Gasteiger partial charge in [0.15, 0.2) is 0 Å². The van der Waals surface area contributed by atoms with Gasteiger partial charge in [-0.05, 0) is 29.7 Å². The lowest BCUT2D eigenvalue weighted by atomic mass is 9.81. The summed E-state index contributed by atoms with van der Waals surface area (Å²) in [6, 6.07) is 30.4. The van der Waals surface area contributed by atoms with E-state index in [9.17, 15) is 4.79 Å². The molecule has 1 saturated heterocycles. The molecule has 150 valence electrons. The van der Waals surface area contributed by atoms with Gasteiger partial charge in [-0.2, -0.15) is 0 Å². The lowest BCUT2D eigenvalue weighted by molar-refractivity contribution is -0.0335. The van der Waals surface area contributed by atoms with E-state index in [1.54, 1.807) is 0 Å². The molecule has 5 rings (SSSR count). The van der Waals surface area contributed by atoms with Gasteiger partial charge >= 0.3 is 0 Å². The fourth-order valence-corrected chi connectivity index (χ4v) is 4.79. The highest BCUT2D eigenvalue weighted by Crippen LogP contribution is 2.43. The highest BCUT2D eigenvalue weighted by Gasteiger charge is 2.47. The van der Waals surface area contributed by atoms with Crippen LogP contribution in [0.25, 0.3) is 0 Å². The van der Waals surface area contributed by atoms with E-state index in [4.69, 9.17) is 4.74 Å². The van der Waals surface area contributed by atoms with E-state index in [-0.39, 0.29) is 30.0 Å². The van der Waals surface area contributed by atoms with Crippen molar-refractivity contribution in [1.82, 2.24) is 4.90 Å². The number of carbonyl (C=O) groups excluding carboxylic acids is 1. The highest BCUT2D eigenvalue weighted by molar-refractivity contribution is 5.95. The Labute approximate surface area is 177 Å². The average Bonchev–Trinajstić information content (AvgIpc) is 3.12. The molecule has 2 heterocycles. The molecule has 0 radical (unpaired) electrons. The Kier molecular flexibility index (Phi) is 5.20. The molecule has 1 amide bonds. The predicted molar refractivity (Wildman–Crippen MR) is 118 cm³/mol. The first-order chi connectivity index (χ1) is 14.8. The quantitative estimate of drug-likeness (QED) is 0.555. The lowest BCUT2D eigenvalue weighted by Gasteiger charge is -2.45. The van der Waals surface area contributed by atoms with Crippen LogP contribution in [-0.4, -0.2) is 29.0 Å². The van der Waals surface area contributed by atoms with Crippen molar-refractivity contribution >= 4 is 5.91 Å². The third kappa shape index (κ3) is 3.57. The molecule has 0 saturated carbocycles. The van der Waals surface area contributed by atoms with Crippen LogP contribution < -0.4 is 0 Å². The first kappa shape index (κ1) is 18.8. The van der Waals surface area contributed by atoms with Crippen molar-refractivity contribution < 1.29 is 9.53 Å². The zero-order chi connectivity index (χ0) is 20.3. The van der Waals surface area contributed by atoms with Crippen LogP contribution in [0.3, 0.4) is 0 Å². The number of ether oxygens (including phenoxy) is 1. The maximum absolute atomic E-state index is 13.4. The fraction of sp³-hybridized carbons (Fsp3) is 0.222. The third-order valence-electron chi connectivity index (χ3n) is 6.20. The molecule has 0 unspecified atom stereocenters. The molecule has 2 aliphatic heterocycles. The molecule has 1 fully saturated rings. The molecule has 3 aromatic carbocycles. The van der Waals surface area contributed by atoms with Crippen molar-refractivity contribution in [3.05, 3.63) is 120 Å². The Bertz CT molecular complexity index is 1020. The molecule has 3 heteroatoms. The normalized spacial score (nSPS) is 24.7. The Balaban J connectivity index is 1.44. The van der Waals surface area contributed by atoms with Gasteiger partial charge in [-0.25, -0.2) is 0 Å². The summed E-state index contributed by atoms with van der Waals surface area (Å²) in [7, 11) is 0. The fourth-order valence-electron chi connectivity index (χ4n) is 4.79. The number of nitrogens with zero attached hydrogens (tertiary/aromatic N) is 1. The monoisotopic (exact) mass is 395 g/mol. The molecule has 30 heavy (non-hydrogen) atoms. The standard InChI is InChI=1S/C27H25NO2/c29-27(22-14-8-3-9-15-22)28-23-16-17-24(28)26(21-12-6-2-7-13-21)25(18-23)30-19-20-10-4-1-5-11-20/h1-17,23-26H,18-19H2/t23-,24+,25+,26-/m0/s1. The molecule has 2 bridgehead atoms. The van der Waals surface area contributed by atoms with Crippen LogP contribution in [0.2, 0.25) is 0 Å². The van der Waals surface area contributed by atoms with Gasteiger partial charge in [0, 0.05) is 11.5 Å². The highest BCUT2D eigenvalue weighted by atomic mass is 16.5. The Morgan fingerprint density at radius 3 is 2.17 bits per heavy atom. The summed E-state index contributed by atoms with van der Waals surface area (Å²) in [5, 5.41) is 0. The Hall–Kier alpha value is -3.17. The minimum absolute atomic E-state index is 0.000343. The number of benzene rings is 3. The summed E-state index contributed by atoms with van der Waals surface area (Å²) in [4.78, 5) is 15.4. The van der Waals surface area contributed by atoms with Gasteiger partial charge in [0.05, 0.1) is 24.8 Å². The molecule has 0 N–H and O–H groups in total. The molecule has 0 aromatic heterocycles. The lowest BCUT2D eigenvalue weighted by Crippen LogP contribution is -2.53. The van der Waals surface area contributed by atoms with Crippen LogP contribution in [0.4, 0.5) is 0 Å². The summed E-state index contributed by atoms with van der Waals surface area (Å²) in [6.45, 7) is 0.584. The van der Waals surface area contributed by atoms with Crippen molar-refractivity contribution in [2.75, 3.05) is 0 Å². The summed E-state index contributed by atoms with van der Waals surface area (Å²) in [5.74, 6) is 0.204. The van der Waals surface area contributed by atoms with Crippen LogP contribution in [0.1, 0.15) is 33.8 Å². The maximum atomic E-state index is 13.4. The molecular weight excluding hydrogens is 370 g/mol. The largest absolute Gasteiger partial charge is 0.373 e. The van der Waals surface area contributed by atoms with Gasteiger partial charge in [0.25, 0.3) is 5.91 Å². The van der Waals surface area contributed by atoms with Crippen LogP contribution in [0.15, 0.2) is 103 Å². The van der Waals surface area contributed by atoms with Gasteiger partial charge < -0.3 is 9.64 Å². The number of piperidine rings is 1. The van der Waals surface area contributed by atoms with Crippen LogP contribution in [-0.2, 0) is 11.3 Å². The molecule has 2 aliphatic rings. The van der Waals surface area contributed by atoms with Gasteiger partial charge in [-0.15, -0.1) is 0 Å². The van der Waals surface area contributed by atoms with E-state index >= 15 is 0 Å². The second-order valence-corrected chi connectivity index (χ2v) is 8.03. The molecule has 0 aliphatic carbocycles.